The fourth-order valence-electron chi connectivity index (χ4n) is 2.40. The van der Waals surface area contributed by atoms with Crippen molar-refractivity contribution < 1.29 is 43.9 Å². The van der Waals surface area contributed by atoms with Crippen molar-refractivity contribution in [3.63, 3.8) is 0 Å². The predicted molar refractivity (Wildman–Crippen MR) is 88.1 cm³/mol. The first kappa shape index (κ1) is 23.3. The molecule has 0 saturated carbocycles. The minimum atomic E-state index is -0.341. The summed E-state index contributed by atoms with van der Waals surface area (Å²) in [5.41, 5.74) is 1.47. The molecule has 138 valence electrons. The van der Waals surface area contributed by atoms with Crippen molar-refractivity contribution in [3.05, 3.63) is 59.5 Å². The first-order valence-corrected chi connectivity index (χ1v) is 7.83. The van der Waals surface area contributed by atoms with Crippen LogP contribution in [0.2, 0.25) is 0 Å². The Morgan fingerprint density at radius 1 is 1.12 bits per heavy atom. The molecular formula is C18H24Cl2FN3O. The Hall–Kier alpha value is -1.69. The van der Waals surface area contributed by atoms with E-state index < -0.39 is 0 Å². The lowest BCUT2D eigenvalue weighted by molar-refractivity contribution is -0.858. The number of aryl methyl sites for hydroxylation is 1. The number of halogens is 3. The van der Waals surface area contributed by atoms with Crippen LogP contribution < -0.4 is 39.6 Å². The van der Waals surface area contributed by atoms with E-state index >= 15 is 0 Å². The Morgan fingerprint density at radius 3 is 2.32 bits per heavy atom. The second-order valence-electron chi connectivity index (χ2n) is 5.99. The van der Waals surface area contributed by atoms with Gasteiger partial charge in [-0.15, -0.1) is 0 Å². The lowest BCUT2D eigenvalue weighted by Gasteiger charge is -2.16. The summed E-state index contributed by atoms with van der Waals surface area (Å²) in [5.74, 6) is 0.292. The first-order valence-electron chi connectivity index (χ1n) is 7.83. The van der Waals surface area contributed by atoms with E-state index in [1.165, 1.54) is 29.2 Å². The van der Waals surface area contributed by atoms with Crippen LogP contribution in [0.3, 0.4) is 0 Å². The van der Waals surface area contributed by atoms with Gasteiger partial charge in [-0.05, 0) is 37.3 Å². The van der Waals surface area contributed by atoms with E-state index in [1.54, 1.807) is 4.90 Å². The highest BCUT2D eigenvalue weighted by Gasteiger charge is 2.26. The summed E-state index contributed by atoms with van der Waals surface area (Å²) in [7, 11) is 4.18. The van der Waals surface area contributed by atoms with Gasteiger partial charge in [0.05, 0.1) is 38.4 Å². The van der Waals surface area contributed by atoms with E-state index in [9.17, 15) is 9.18 Å². The maximum atomic E-state index is 13.1. The number of nitrogens with zero attached hydrogens (tertiary/aromatic N) is 1. The van der Waals surface area contributed by atoms with E-state index in [-0.39, 0.29) is 36.5 Å². The molecule has 0 bridgehead atoms. The van der Waals surface area contributed by atoms with Crippen molar-refractivity contribution in [2.45, 2.75) is 13.3 Å². The molecule has 0 aliphatic carbocycles. The van der Waals surface area contributed by atoms with Gasteiger partial charge < -0.3 is 29.7 Å². The molecule has 0 aliphatic heterocycles. The Morgan fingerprint density at radius 2 is 1.76 bits per heavy atom. The van der Waals surface area contributed by atoms with E-state index in [0.29, 0.717) is 12.1 Å². The summed E-state index contributed by atoms with van der Waals surface area (Å²) in [6.07, 6.45) is 0.886. The minimum absolute atomic E-state index is 0. The van der Waals surface area contributed by atoms with Crippen LogP contribution in [0.25, 0.3) is 0 Å². The fraction of sp³-hybridized carbons (Fsp3) is 0.333. The minimum Gasteiger partial charge on any atom is -1.00 e. The number of aromatic nitrogens is 1. The third kappa shape index (κ3) is 6.98. The molecule has 1 heterocycles. The molecule has 7 heteroatoms. The Kier molecular flexibility index (Phi) is 10.3. The molecule has 0 spiro atoms. The summed E-state index contributed by atoms with van der Waals surface area (Å²) < 4.78 is 13.1. The van der Waals surface area contributed by atoms with Crippen molar-refractivity contribution >= 4 is 11.7 Å². The van der Waals surface area contributed by atoms with Gasteiger partial charge >= 0.3 is 5.91 Å². The highest BCUT2D eigenvalue weighted by molar-refractivity contribution is 6.05. The number of carbonyl (C=O) groups excluding carboxylic acids is 1. The molecule has 4 nitrogen and oxygen atoms in total. The standard InChI is InChI=1S/C18H22FN3O.2ClH/c1-14-6-4-7-17(20-14)22(13-5-12-21(2)3)18(23)15-8-10-16(19)11-9-15;;/h4,6-11H,5,12-13H2,1-3H3;2*1H. The van der Waals surface area contributed by atoms with Gasteiger partial charge in [0, 0.05) is 12.5 Å². The molecule has 0 unspecified atom stereocenters. The van der Waals surface area contributed by atoms with Gasteiger partial charge in [-0.2, -0.15) is 4.90 Å². The normalized spacial score (nSPS) is 9.96. The van der Waals surface area contributed by atoms with Crippen LogP contribution in [0.15, 0.2) is 42.5 Å². The van der Waals surface area contributed by atoms with Gasteiger partial charge in [0.2, 0.25) is 0 Å². The summed E-state index contributed by atoms with van der Waals surface area (Å²) in [6, 6.07) is 11.4. The average Bonchev–Trinajstić information content (AvgIpc) is 2.51. The predicted octanol–water partition coefficient (Wildman–Crippen LogP) is -4.86. The number of pyridine rings is 1. The third-order valence-corrected chi connectivity index (χ3v) is 3.61. The first-order chi connectivity index (χ1) is 11.0. The quantitative estimate of drug-likeness (QED) is 0.530. The van der Waals surface area contributed by atoms with Crippen LogP contribution in [0.4, 0.5) is 10.2 Å². The van der Waals surface area contributed by atoms with E-state index in [2.05, 4.69) is 19.1 Å². The maximum absolute atomic E-state index is 13.1. The highest BCUT2D eigenvalue weighted by atomic mass is 35.5. The average molecular weight is 388 g/mol. The molecule has 0 saturated heterocycles. The number of aromatic amines is 1. The Bertz CT molecular complexity index is 666. The molecule has 1 amide bonds. The van der Waals surface area contributed by atoms with Gasteiger partial charge in [-0.1, -0.05) is 6.07 Å². The second kappa shape index (κ2) is 11.0. The van der Waals surface area contributed by atoms with Crippen LogP contribution in [-0.4, -0.2) is 33.1 Å². The van der Waals surface area contributed by atoms with E-state index in [1.807, 2.05) is 25.1 Å². The summed E-state index contributed by atoms with van der Waals surface area (Å²) in [4.78, 5) is 19.1. The van der Waals surface area contributed by atoms with Crippen molar-refractivity contribution in [1.82, 2.24) is 0 Å². The van der Waals surface area contributed by atoms with Gasteiger partial charge in [0.15, 0.2) is 0 Å². The Labute approximate surface area is 160 Å². The number of amides is 1. The van der Waals surface area contributed by atoms with E-state index in [4.69, 9.17) is 0 Å². The number of hydrogen-bond donors (Lipinski definition) is 1. The number of rotatable bonds is 6. The Balaban J connectivity index is 0.00000288. The molecule has 2 N–H and O–H groups in total. The zero-order chi connectivity index (χ0) is 16.8. The zero-order valence-electron chi connectivity index (χ0n) is 14.7. The second-order valence-corrected chi connectivity index (χ2v) is 5.99. The van der Waals surface area contributed by atoms with Crippen LogP contribution in [0.1, 0.15) is 22.5 Å². The summed E-state index contributed by atoms with van der Waals surface area (Å²) in [5, 5.41) is 0. The SMILES string of the molecule is Cc1cccc(N(CCC[NH+](C)C)C(=O)c2ccc(F)cc2)[nH+]1.[Cl-].[Cl-]. The topological polar surface area (TPSA) is 38.9 Å². The third-order valence-electron chi connectivity index (χ3n) is 3.61. The highest BCUT2D eigenvalue weighted by Crippen LogP contribution is 2.13. The molecule has 2 aromatic rings. The van der Waals surface area contributed by atoms with Crippen molar-refractivity contribution in [3.8, 4) is 0 Å². The lowest BCUT2D eigenvalue weighted by Crippen LogP contribution is -3.05. The monoisotopic (exact) mass is 387 g/mol. The number of carbonyl (C=O) groups is 1. The number of H-pyrrole nitrogens is 1. The molecule has 1 aromatic heterocycles. The van der Waals surface area contributed by atoms with Crippen LogP contribution >= 0.6 is 0 Å². The van der Waals surface area contributed by atoms with E-state index in [0.717, 1.165) is 24.5 Å². The number of nitrogens with one attached hydrogen (secondary N) is 2. The fourth-order valence-corrected chi connectivity index (χ4v) is 2.40. The summed E-state index contributed by atoms with van der Waals surface area (Å²) >= 11 is 0. The van der Waals surface area contributed by atoms with Crippen LogP contribution in [-0.2, 0) is 0 Å². The largest absolute Gasteiger partial charge is 1.00 e. The summed E-state index contributed by atoms with van der Waals surface area (Å²) in [6.45, 7) is 3.54. The molecule has 1 aromatic carbocycles. The lowest BCUT2D eigenvalue weighted by atomic mass is 10.2. The van der Waals surface area contributed by atoms with Crippen LogP contribution in [0.5, 0.6) is 0 Å². The van der Waals surface area contributed by atoms with Crippen molar-refractivity contribution in [2.24, 2.45) is 0 Å². The van der Waals surface area contributed by atoms with Gasteiger partial charge in [0.1, 0.15) is 5.82 Å². The molecule has 0 atom stereocenters. The molecular weight excluding hydrogens is 364 g/mol. The van der Waals surface area contributed by atoms with Crippen molar-refractivity contribution in [2.75, 3.05) is 32.1 Å². The van der Waals surface area contributed by atoms with Crippen LogP contribution in [0, 0.1) is 12.7 Å². The molecule has 0 radical (unpaired) electrons. The van der Waals surface area contributed by atoms with Crippen molar-refractivity contribution in [1.29, 1.82) is 0 Å². The van der Waals surface area contributed by atoms with Gasteiger partial charge in [0.25, 0.3) is 5.82 Å². The molecule has 25 heavy (non-hydrogen) atoms. The zero-order valence-corrected chi connectivity index (χ0v) is 16.2. The smallest absolute Gasteiger partial charge is 0.341 e. The molecule has 2 rings (SSSR count). The maximum Gasteiger partial charge on any atom is 0.341 e. The number of benzene rings is 1. The van der Waals surface area contributed by atoms with Gasteiger partial charge in [-0.25, -0.2) is 14.2 Å². The number of hydrogen-bond acceptors (Lipinski definition) is 1. The molecule has 0 aliphatic rings. The molecule has 0 fully saturated rings. The van der Waals surface area contributed by atoms with Gasteiger partial charge in [-0.3, -0.25) is 0 Å². The number of anilines is 1. The number of quaternary nitrogens is 1.